The van der Waals surface area contributed by atoms with Crippen LogP contribution >= 0.6 is 24.0 Å². The largest absolute Gasteiger partial charge is 0.357 e. The number of guanidine groups is 1. The lowest BCUT2D eigenvalue weighted by atomic mass is 10.1. The predicted molar refractivity (Wildman–Crippen MR) is 132 cm³/mol. The second-order valence-electron chi connectivity index (χ2n) is 6.97. The Balaban J connectivity index is 0.00000320. The quantitative estimate of drug-likeness (QED) is 0.286. The van der Waals surface area contributed by atoms with Gasteiger partial charge in [-0.3, -0.25) is 4.79 Å². The lowest BCUT2D eigenvalue weighted by molar-refractivity contribution is 0.0827. The van der Waals surface area contributed by atoms with Gasteiger partial charge in [0.2, 0.25) is 0 Å². The average molecular weight is 520 g/mol. The molecule has 0 bridgehead atoms. The lowest BCUT2D eigenvalue weighted by Gasteiger charge is -2.11. The summed E-state index contributed by atoms with van der Waals surface area (Å²) in [5, 5.41) is 6.62. The highest BCUT2D eigenvalue weighted by Crippen LogP contribution is 2.08. The molecule has 0 spiro atoms. The second kappa shape index (κ2) is 11.5. The Morgan fingerprint density at radius 1 is 1.13 bits per heavy atom. The number of imidazole rings is 1. The zero-order chi connectivity index (χ0) is 20.6. The molecule has 3 aromatic rings. The molecule has 0 aliphatic rings. The summed E-state index contributed by atoms with van der Waals surface area (Å²) in [6, 6.07) is 13.6. The first-order chi connectivity index (χ1) is 14.1. The summed E-state index contributed by atoms with van der Waals surface area (Å²) >= 11 is 0. The van der Waals surface area contributed by atoms with Crippen LogP contribution in [-0.2, 0) is 13.0 Å². The number of nitrogens with zero attached hydrogens (tertiary/aromatic N) is 4. The molecule has 0 radical (unpaired) electrons. The molecular weight excluding hydrogens is 491 g/mol. The maximum atomic E-state index is 12.0. The Labute approximate surface area is 194 Å². The van der Waals surface area contributed by atoms with Gasteiger partial charge in [0.15, 0.2) is 5.96 Å². The Kier molecular flexibility index (Phi) is 9.10. The van der Waals surface area contributed by atoms with Crippen molar-refractivity contribution in [1.82, 2.24) is 24.9 Å². The van der Waals surface area contributed by atoms with Crippen LogP contribution in [0.15, 0.2) is 59.9 Å². The molecule has 0 fully saturated rings. The van der Waals surface area contributed by atoms with Crippen molar-refractivity contribution in [3.63, 3.8) is 0 Å². The van der Waals surface area contributed by atoms with E-state index in [1.165, 1.54) is 0 Å². The zero-order valence-corrected chi connectivity index (χ0v) is 20.0. The first kappa shape index (κ1) is 23.7. The third-order valence-electron chi connectivity index (χ3n) is 4.46. The molecule has 30 heavy (non-hydrogen) atoms. The standard InChI is InChI=1S/C22H28N6O.HI/c1-4-23-22(24-13-12-19-16-28-14-6-5-7-20(28)26-19)25-15-17-8-10-18(11-9-17)21(29)27(2)3;/h5-11,14,16H,4,12-13,15H2,1-3H3,(H2,23,24,25);1H. The van der Waals surface area contributed by atoms with E-state index in [4.69, 9.17) is 0 Å². The number of amides is 1. The van der Waals surface area contributed by atoms with Crippen LogP contribution < -0.4 is 10.6 Å². The van der Waals surface area contributed by atoms with Gasteiger partial charge in [0, 0.05) is 51.6 Å². The van der Waals surface area contributed by atoms with Crippen LogP contribution in [0.2, 0.25) is 0 Å². The molecule has 0 atom stereocenters. The van der Waals surface area contributed by atoms with Crippen molar-refractivity contribution in [3.8, 4) is 0 Å². The molecule has 0 saturated heterocycles. The third kappa shape index (κ3) is 6.45. The molecule has 2 aromatic heterocycles. The Hall–Kier alpha value is -2.62. The molecule has 0 aliphatic carbocycles. The number of rotatable bonds is 7. The third-order valence-corrected chi connectivity index (χ3v) is 4.46. The van der Waals surface area contributed by atoms with Crippen molar-refractivity contribution in [2.45, 2.75) is 19.9 Å². The molecule has 2 heterocycles. The minimum absolute atomic E-state index is 0. The number of benzene rings is 1. The van der Waals surface area contributed by atoms with Crippen molar-refractivity contribution in [2.24, 2.45) is 4.99 Å². The van der Waals surface area contributed by atoms with E-state index in [-0.39, 0.29) is 29.9 Å². The van der Waals surface area contributed by atoms with Crippen LogP contribution in [0.5, 0.6) is 0 Å². The fraction of sp³-hybridized carbons (Fsp3) is 0.318. The monoisotopic (exact) mass is 520 g/mol. The topological polar surface area (TPSA) is 74.0 Å². The highest BCUT2D eigenvalue weighted by Gasteiger charge is 2.07. The number of hydrogen-bond acceptors (Lipinski definition) is 3. The summed E-state index contributed by atoms with van der Waals surface area (Å²) in [5.74, 6) is 0.770. The summed E-state index contributed by atoms with van der Waals surface area (Å²) in [5.41, 5.74) is 3.73. The van der Waals surface area contributed by atoms with Gasteiger partial charge in [0.1, 0.15) is 5.65 Å². The van der Waals surface area contributed by atoms with Crippen LogP contribution in [0, 0.1) is 0 Å². The maximum absolute atomic E-state index is 12.0. The first-order valence-corrected chi connectivity index (χ1v) is 9.82. The number of carbonyl (C=O) groups is 1. The Morgan fingerprint density at radius 3 is 2.57 bits per heavy atom. The van der Waals surface area contributed by atoms with Gasteiger partial charge in [-0.1, -0.05) is 18.2 Å². The van der Waals surface area contributed by atoms with E-state index in [0.29, 0.717) is 12.1 Å². The highest BCUT2D eigenvalue weighted by atomic mass is 127. The lowest BCUT2D eigenvalue weighted by Crippen LogP contribution is -2.38. The fourth-order valence-electron chi connectivity index (χ4n) is 2.94. The van der Waals surface area contributed by atoms with Crippen LogP contribution in [0.1, 0.15) is 28.5 Å². The van der Waals surface area contributed by atoms with Crippen molar-refractivity contribution in [3.05, 3.63) is 71.7 Å². The fourth-order valence-corrected chi connectivity index (χ4v) is 2.94. The first-order valence-electron chi connectivity index (χ1n) is 9.82. The smallest absolute Gasteiger partial charge is 0.253 e. The summed E-state index contributed by atoms with van der Waals surface area (Å²) in [6.07, 6.45) is 4.87. The van der Waals surface area contributed by atoms with Crippen LogP contribution in [-0.4, -0.2) is 53.3 Å². The highest BCUT2D eigenvalue weighted by molar-refractivity contribution is 14.0. The predicted octanol–water partition coefficient (Wildman–Crippen LogP) is 2.95. The summed E-state index contributed by atoms with van der Waals surface area (Å²) < 4.78 is 2.03. The molecule has 8 heteroatoms. The number of hydrogen-bond donors (Lipinski definition) is 2. The molecule has 0 unspecified atom stereocenters. The second-order valence-corrected chi connectivity index (χ2v) is 6.97. The Bertz CT molecular complexity index is 948. The van der Waals surface area contributed by atoms with Crippen LogP contribution in [0.25, 0.3) is 5.65 Å². The molecular formula is C22H29IN6O. The normalized spacial score (nSPS) is 11.1. The van der Waals surface area contributed by atoms with E-state index in [9.17, 15) is 4.79 Å². The summed E-state index contributed by atoms with van der Waals surface area (Å²) in [7, 11) is 3.50. The minimum atomic E-state index is 0. The van der Waals surface area contributed by atoms with E-state index >= 15 is 0 Å². The van der Waals surface area contributed by atoms with Gasteiger partial charge in [-0.2, -0.15) is 0 Å². The van der Waals surface area contributed by atoms with E-state index in [0.717, 1.165) is 42.4 Å². The van der Waals surface area contributed by atoms with Gasteiger partial charge in [-0.25, -0.2) is 9.98 Å². The van der Waals surface area contributed by atoms with E-state index in [2.05, 4.69) is 26.8 Å². The Morgan fingerprint density at radius 2 is 1.90 bits per heavy atom. The van der Waals surface area contributed by atoms with Gasteiger partial charge < -0.3 is 19.9 Å². The van der Waals surface area contributed by atoms with Gasteiger partial charge in [0.05, 0.1) is 12.2 Å². The molecule has 2 N–H and O–H groups in total. The van der Waals surface area contributed by atoms with Gasteiger partial charge >= 0.3 is 0 Å². The summed E-state index contributed by atoms with van der Waals surface area (Å²) in [6.45, 7) is 4.11. The van der Waals surface area contributed by atoms with E-state index < -0.39 is 0 Å². The van der Waals surface area contributed by atoms with Crippen molar-refractivity contribution in [1.29, 1.82) is 0 Å². The maximum Gasteiger partial charge on any atom is 0.253 e. The van der Waals surface area contributed by atoms with E-state index in [1.54, 1.807) is 19.0 Å². The zero-order valence-electron chi connectivity index (χ0n) is 17.6. The number of aromatic nitrogens is 2. The van der Waals surface area contributed by atoms with Gasteiger partial charge in [-0.15, -0.1) is 24.0 Å². The number of halogens is 1. The molecule has 1 aromatic carbocycles. The molecule has 0 aliphatic heterocycles. The molecule has 1 amide bonds. The van der Waals surface area contributed by atoms with Gasteiger partial charge in [0.25, 0.3) is 5.91 Å². The minimum Gasteiger partial charge on any atom is -0.357 e. The molecule has 7 nitrogen and oxygen atoms in total. The van der Waals surface area contributed by atoms with Crippen molar-refractivity contribution in [2.75, 3.05) is 27.2 Å². The van der Waals surface area contributed by atoms with Crippen molar-refractivity contribution >= 4 is 41.5 Å². The SMILES string of the molecule is CCNC(=NCc1ccc(C(=O)N(C)C)cc1)NCCc1cn2ccccc2n1.I. The molecule has 3 rings (SSSR count). The number of carbonyl (C=O) groups excluding carboxylic acids is 1. The number of fused-ring (bicyclic) bond motifs is 1. The average Bonchev–Trinajstić information content (AvgIpc) is 3.14. The number of aliphatic imine (C=N–C) groups is 1. The summed E-state index contributed by atoms with van der Waals surface area (Å²) in [4.78, 5) is 22.8. The van der Waals surface area contributed by atoms with Crippen LogP contribution in [0.4, 0.5) is 0 Å². The number of pyridine rings is 1. The van der Waals surface area contributed by atoms with Gasteiger partial charge in [-0.05, 0) is 36.8 Å². The van der Waals surface area contributed by atoms with Crippen molar-refractivity contribution < 1.29 is 4.79 Å². The number of nitrogens with one attached hydrogen (secondary N) is 2. The molecule has 0 saturated carbocycles. The van der Waals surface area contributed by atoms with Crippen LogP contribution in [0.3, 0.4) is 0 Å². The van der Waals surface area contributed by atoms with E-state index in [1.807, 2.05) is 60.0 Å². The molecule has 160 valence electrons.